The highest BCUT2D eigenvalue weighted by molar-refractivity contribution is 5.68. The molecule has 3 aromatic heterocycles. The third kappa shape index (κ3) is 3.06. The van der Waals surface area contributed by atoms with Crippen molar-refractivity contribution in [1.29, 1.82) is 0 Å². The van der Waals surface area contributed by atoms with Crippen molar-refractivity contribution in [3.63, 3.8) is 0 Å². The molecule has 118 valence electrons. The van der Waals surface area contributed by atoms with Gasteiger partial charge < -0.3 is 16.9 Å². The fraction of sp³-hybridized carbons (Fsp3) is 0.133. The Bertz CT molecular complexity index is 839. The summed E-state index contributed by atoms with van der Waals surface area (Å²) in [5, 5.41) is 4.34. The maximum absolute atomic E-state index is 6.05. The van der Waals surface area contributed by atoms with E-state index in [9.17, 15) is 0 Å². The highest BCUT2D eigenvalue weighted by Gasteiger charge is 2.10. The van der Waals surface area contributed by atoms with Gasteiger partial charge in [0, 0.05) is 18.3 Å². The molecule has 3 aromatic rings. The Labute approximate surface area is 133 Å². The lowest BCUT2D eigenvalue weighted by molar-refractivity contribution is 0.840. The first kappa shape index (κ1) is 14.8. The van der Waals surface area contributed by atoms with Crippen molar-refractivity contribution >= 4 is 17.3 Å². The Morgan fingerprint density at radius 3 is 2.78 bits per heavy atom. The molecule has 0 atom stereocenters. The van der Waals surface area contributed by atoms with Crippen LogP contribution in [0.25, 0.3) is 5.82 Å². The Morgan fingerprint density at radius 1 is 1.22 bits per heavy atom. The van der Waals surface area contributed by atoms with Crippen molar-refractivity contribution < 1.29 is 0 Å². The van der Waals surface area contributed by atoms with Crippen LogP contribution in [-0.4, -0.2) is 19.7 Å². The van der Waals surface area contributed by atoms with E-state index in [1.807, 2.05) is 31.3 Å². The van der Waals surface area contributed by atoms with Crippen molar-refractivity contribution in [1.82, 2.24) is 19.7 Å². The van der Waals surface area contributed by atoms with Gasteiger partial charge in [-0.05, 0) is 36.2 Å². The maximum Gasteiger partial charge on any atom is 0.165 e. The highest BCUT2D eigenvalue weighted by Crippen LogP contribution is 2.24. The van der Waals surface area contributed by atoms with Gasteiger partial charge in [0.05, 0.1) is 11.9 Å². The first-order valence-electron chi connectivity index (χ1n) is 7.06. The summed E-state index contributed by atoms with van der Waals surface area (Å²) in [6.07, 6.45) is 4.25. The predicted molar refractivity (Wildman–Crippen MR) is 89.8 cm³/mol. The van der Waals surface area contributed by atoms with Crippen molar-refractivity contribution in [2.45, 2.75) is 13.3 Å². The summed E-state index contributed by atoms with van der Waals surface area (Å²) in [5.74, 6) is 6.89. The normalized spacial score (nSPS) is 10.7. The van der Waals surface area contributed by atoms with Gasteiger partial charge in [-0.25, -0.2) is 20.5 Å². The predicted octanol–water partition coefficient (Wildman–Crippen LogP) is 1.01. The van der Waals surface area contributed by atoms with E-state index in [-0.39, 0.29) is 0 Å². The van der Waals surface area contributed by atoms with Crippen LogP contribution in [0.5, 0.6) is 0 Å². The van der Waals surface area contributed by atoms with Crippen LogP contribution < -0.4 is 22.7 Å². The molecule has 0 bridgehead atoms. The molecule has 0 fully saturated rings. The first-order chi connectivity index (χ1) is 11.1. The number of pyridine rings is 2. The summed E-state index contributed by atoms with van der Waals surface area (Å²) in [5.41, 5.74) is 17.5. The molecule has 0 spiro atoms. The minimum atomic E-state index is 0.356. The van der Waals surface area contributed by atoms with E-state index < -0.39 is 0 Å². The van der Waals surface area contributed by atoms with Crippen LogP contribution >= 0.6 is 0 Å². The van der Waals surface area contributed by atoms with E-state index >= 15 is 0 Å². The first-order valence-corrected chi connectivity index (χ1v) is 7.06. The molecule has 0 unspecified atom stereocenters. The van der Waals surface area contributed by atoms with Crippen LogP contribution in [0.1, 0.15) is 16.8 Å². The molecule has 0 radical (unpaired) electrons. The van der Waals surface area contributed by atoms with Crippen molar-refractivity contribution in [2.75, 3.05) is 16.9 Å². The smallest absolute Gasteiger partial charge is 0.165 e. The maximum atomic E-state index is 6.05. The lowest BCUT2D eigenvalue weighted by Gasteiger charge is -2.10. The van der Waals surface area contributed by atoms with Gasteiger partial charge in [0.15, 0.2) is 11.6 Å². The topological polar surface area (TPSA) is 134 Å². The molecule has 0 saturated heterocycles. The van der Waals surface area contributed by atoms with Crippen molar-refractivity contribution in [3.8, 4) is 5.82 Å². The molecular weight excluding hydrogens is 292 g/mol. The lowest BCUT2D eigenvalue weighted by Crippen LogP contribution is -2.13. The molecule has 0 amide bonds. The fourth-order valence-electron chi connectivity index (χ4n) is 2.34. The van der Waals surface area contributed by atoms with Crippen LogP contribution in [0.4, 0.5) is 17.3 Å². The fourth-order valence-corrected chi connectivity index (χ4v) is 2.34. The number of aryl methyl sites for hydroxylation is 1. The molecule has 0 aromatic carbocycles. The van der Waals surface area contributed by atoms with Crippen LogP contribution in [0.2, 0.25) is 0 Å². The zero-order valence-electron chi connectivity index (χ0n) is 12.7. The zero-order chi connectivity index (χ0) is 16.4. The van der Waals surface area contributed by atoms with Gasteiger partial charge in [0.1, 0.15) is 5.82 Å². The SMILES string of the molecule is Cc1cccc(-n2cc(Cc3cc(N)nc(NN)c3N)cn2)n1. The number of nitrogens with zero attached hydrogens (tertiary/aromatic N) is 4. The molecular formula is C15H18N8. The number of anilines is 3. The van der Waals surface area contributed by atoms with Gasteiger partial charge in [-0.2, -0.15) is 5.10 Å². The number of hydrogen-bond donors (Lipinski definition) is 4. The second-order valence-electron chi connectivity index (χ2n) is 5.22. The Hall–Kier alpha value is -3.13. The molecule has 7 N–H and O–H groups in total. The summed E-state index contributed by atoms with van der Waals surface area (Å²) in [7, 11) is 0. The van der Waals surface area contributed by atoms with Gasteiger partial charge in [-0.15, -0.1) is 0 Å². The largest absolute Gasteiger partial charge is 0.395 e. The van der Waals surface area contributed by atoms with Crippen molar-refractivity contribution in [3.05, 3.63) is 53.5 Å². The Kier molecular flexibility index (Phi) is 3.82. The third-order valence-corrected chi connectivity index (χ3v) is 3.44. The molecule has 0 saturated carbocycles. The second kappa shape index (κ2) is 5.93. The van der Waals surface area contributed by atoms with E-state index in [1.54, 1.807) is 16.9 Å². The number of hydrogen-bond acceptors (Lipinski definition) is 7. The van der Waals surface area contributed by atoms with Crippen LogP contribution in [0.3, 0.4) is 0 Å². The molecule has 23 heavy (non-hydrogen) atoms. The Morgan fingerprint density at radius 2 is 2.04 bits per heavy atom. The van der Waals surface area contributed by atoms with Gasteiger partial charge in [-0.1, -0.05) is 6.07 Å². The minimum Gasteiger partial charge on any atom is -0.395 e. The number of nitrogens with two attached hydrogens (primary N) is 3. The van der Waals surface area contributed by atoms with Gasteiger partial charge in [0.2, 0.25) is 0 Å². The van der Waals surface area contributed by atoms with E-state index in [0.29, 0.717) is 23.7 Å². The van der Waals surface area contributed by atoms with Crippen molar-refractivity contribution in [2.24, 2.45) is 5.84 Å². The van der Waals surface area contributed by atoms with Gasteiger partial charge in [0.25, 0.3) is 0 Å². The Balaban J connectivity index is 1.89. The van der Waals surface area contributed by atoms with Gasteiger partial charge in [-0.3, -0.25) is 0 Å². The lowest BCUT2D eigenvalue weighted by atomic mass is 10.1. The molecule has 0 aliphatic rings. The summed E-state index contributed by atoms with van der Waals surface area (Å²) >= 11 is 0. The molecule has 8 heteroatoms. The number of hydrazine groups is 1. The van der Waals surface area contributed by atoms with E-state index in [1.165, 1.54) is 0 Å². The molecule has 0 aliphatic heterocycles. The molecule has 3 rings (SSSR count). The average molecular weight is 310 g/mol. The van der Waals surface area contributed by atoms with E-state index in [4.69, 9.17) is 17.3 Å². The average Bonchev–Trinajstić information content (AvgIpc) is 2.99. The monoisotopic (exact) mass is 310 g/mol. The highest BCUT2D eigenvalue weighted by atomic mass is 15.3. The zero-order valence-corrected chi connectivity index (χ0v) is 12.7. The van der Waals surface area contributed by atoms with Crippen LogP contribution in [-0.2, 0) is 6.42 Å². The number of nitrogens with one attached hydrogen (secondary N) is 1. The standard InChI is InChI=1S/C15H18N8/c1-9-3-2-4-13(20-9)23-8-10(7-19-23)5-11-6-12(16)21-15(22-18)14(11)17/h2-4,6-8H,5,17-18H2,1H3,(H3,16,21,22). The van der Waals surface area contributed by atoms with Gasteiger partial charge >= 0.3 is 0 Å². The third-order valence-electron chi connectivity index (χ3n) is 3.44. The van der Waals surface area contributed by atoms with E-state index in [0.717, 1.165) is 22.6 Å². The minimum absolute atomic E-state index is 0.356. The number of aromatic nitrogens is 4. The summed E-state index contributed by atoms with van der Waals surface area (Å²) in [6, 6.07) is 7.52. The number of rotatable bonds is 4. The number of nitrogen functional groups attached to an aromatic ring is 3. The molecule has 8 nitrogen and oxygen atoms in total. The van der Waals surface area contributed by atoms with Crippen LogP contribution in [0, 0.1) is 6.92 Å². The summed E-state index contributed by atoms with van der Waals surface area (Å²) in [6.45, 7) is 1.94. The quantitative estimate of drug-likeness (QED) is 0.417. The van der Waals surface area contributed by atoms with E-state index in [2.05, 4.69) is 20.5 Å². The molecule has 0 aliphatic carbocycles. The summed E-state index contributed by atoms with van der Waals surface area (Å²) < 4.78 is 1.73. The summed E-state index contributed by atoms with van der Waals surface area (Å²) in [4.78, 5) is 8.48. The van der Waals surface area contributed by atoms with Crippen LogP contribution in [0.15, 0.2) is 36.7 Å². The second-order valence-corrected chi connectivity index (χ2v) is 5.22. The molecule has 3 heterocycles.